The molecule has 0 radical (unpaired) electrons. The Bertz CT molecular complexity index is 574. The summed E-state index contributed by atoms with van der Waals surface area (Å²) in [6, 6.07) is 7.04. The molecule has 0 fully saturated rings. The molecule has 1 N–H and O–H groups in total. The van der Waals surface area contributed by atoms with E-state index in [0.29, 0.717) is 17.2 Å². The van der Waals surface area contributed by atoms with Gasteiger partial charge in [0.2, 0.25) is 10.0 Å². The monoisotopic (exact) mass is 307 g/mol. The third-order valence-electron chi connectivity index (χ3n) is 2.05. The topological polar surface area (TPSA) is 46.2 Å². The maximum absolute atomic E-state index is 11.8. The minimum absolute atomic E-state index is 0.349. The van der Waals surface area contributed by atoms with Crippen LogP contribution >= 0.6 is 34.3 Å². The van der Waals surface area contributed by atoms with Crippen LogP contribution in [0.4, 0.5) is 0 Å². The molecule has 0 aromatic carbocycles. The van der Waals surface area contributed by atoms with Gasteiger partial charge in [0.1, 0.15) is 4.21 Å². The van der Waals surface area contributed by atoms with Gasteiger partial charge in [-0.1, -0.05) is 17.7 Å². The minimum atomic E-state index is -3.34. The summed E-state index contributed by atoms with van der Waals surface area (Å²) in [6.07, 6.45) is 0.655. The van der Waals surface area contributed by atoms with E-state index >= 15 is 0 Å². The summed E-state index contributed by atoms with van der Waals surface area (Å²) >= 11 is 8.47. The first-order valence-corrected chi connectivity index (χ1v) is 8.41. The average Bonchev–Trinajstić information content (AvgIpc) is 2.89. The van der Waals surface area contributed by atoms with Gasteiger partial charge in [0, 0.05) is 11.4 Å². The third kappa shape index (κ3) is 3.53. The molecule has 0 aliphatic heterocycles. The molecular weight excluding hydrogens is 298 g/mol. The molecule has 92 valence electrons. The summed E-state index contributed by atoms with van der Waals surface area (Å²) in [4.78, 5) is 1.07. The van der Waals surface area contributed by atoms with Crippen LogP contribution < -0.4 is 4.72 Å². The Kier molecular flexibility index (Phi) is 4.22. The average molecular weight is 308 g/mol. The maximum Gasteiger partial charge on any atom is 0.250 e. The highest BCUT2D eigenvalue weighted by Gasteiger charge is 2.13. The summed E-state index contributed by atoms with van der Waals surface area (Å²) in [7, 11) is -3.34. The van der Waals surface area contributed by atoms with E-state index in [1.165, 1.54) is 22.7 Å². The van der Waals surface area contributed by atoms with Crippen LogP contribution in [0.2, 0.25) is 4.34 Å². The Balaban J connectivity index is 1.91. The summed E-state index contributed by atoms with van der Waals surface area (Å²) in [5.41, 5.74) is 0. The first-order chi connectivity index (χ1) is 8.08. The van der Waals surface area contributed by atoms with Crippen LogP contribution in [0.15, 0.2) is 33.9 Å². The van der Waals surface area contributed by atoms with Gasteiger partial charge in [-0.05, 0) is 30.0 Å². The molecule has 0 atom stereocenters. The van der Waals surface area contributed by atoms with Crippen LogP contribution in [0.5, 0.6) is 0 Å². The van der Waals surface area contributed by atoms with Crippen molar-refractivity contribution in [2.24, 2.45) is 0 Å². The fraction of sp³-hybridized carbons (Fsp3) is 0.200. The second kappa shape index (κ2) is 5.49. The van der Waals surface area contributed by atoms with Gasteiger partial charge in [-0.15, -0.1) is 22.7 Å². The normalized spacial score (nSPS) is 11.8. The van der Waals surface area contributed by atoms with Gasteiger partial charge in [0.25, 0.3) is 0 Å². The molecular formula is C10H10ClNO2S3. The van der Waals surface area contributed by atoms with Crippen LogP contribution in [0.3, 0.4) is 0 Å². The van der Waals surface area contributed by atoms with Crippen molar-refractivity contribution in [3.8, 4) is 0 Å². The van der Waals surface area contributed by atoms with E-state index in [1.807, 2.05) is 12.1 Å². The first-order valence-electron chi connectivity index (χ1n) is 4.85. The van der Waals surface area contributed by atoms with E-state index in [0.717, 1.165) is 9.21 Å². The molecule has 2 heterocycles. The van der Waals surface area contributed by atoms with Crippen LogP contribution in [-0.4, -0.2) is 15.0 Å². The van der Waals surface area contributed by atoms with Crippen LogP contribution in [-0.2, 0) is 16.4 Å². The van der Waals surface area contributed by atoms with Gasteiger partial charge < -0.3 is 0 Å². The fourth-order valence-corrected chi connectivity index (χ4v) is 4.44. The van der Waals surface area contributed by atoms with Crippen molar-refractivity contribution in [2.75, 3.05) is 6.54 Å². The third-order valence-corrected chi connectivity index (χ3v) is 6.20. The molecule has 0 unspecified atom stereocenters. The van der Waals surface area contributed by atoms with Crippen LogP contribution in [0.25, 0.3) is 0 Å². The first kappa shape index (κ1) is 13.0. The Labute approximate surface area is 113 Å². The standard InChI is InChI=1S/C10H10ClNO2S3/c11-9-4-3-8(16-9)5-6-12-17(13,14)10-2-1-7-15-10/h1-4,7,12H,5-6H2. The zero-order chi connectivity index (χ0) is 12.3. The quantitative estimate of drug-likeness (QED) is 0.923. The van der Waals surface area contributed by atoms with Crippen LogP contribution in [0.1, 0.15) is 4.88 Å². The Morgan fingerprint density at radius 1 is 1.29 bits per heavy atom. The number of halogens is 1. The van der Waals surface area contributed by atoms with E-state index in [1.54, 1.807) is 17.5 Å². The number of sulfonamides is 1. The highest BCUT2D eigenvalue weighted by Crippen LogP contribution is 2.21. The van der Waals surface area contributed by atoms with Gasteiger partial charge in [-0.3, -0.25) is 0 Å². The minimum Gasteiger partial charge on any atom is -0.210 e. The smallest absolute Gasteiger partial charge is 0.210 e. The Morgan fingerprint density at radius 3 is 2.71 bits per heavy atom. The summed E-state index contributed by atoms with van der Waals surface area (Å²) < 4.78 is 27.2. The van der Waals surface area contributed by atoms with E-state index in [2.05, 4.69) is 4.72 Å². The molecule has 0 saturated carbocycles. The fourth-order valence-electron chi connectivity index (χ4n) is 1.28. The number of rotatable bonds is 5. The molecule has 2 aromatic heterocycles. The second-order valence-corrected chi connectivity index (χ2v) is 8.03. The van der Waals surface area contributed by atoms with E-state index < -0.39 is 10.0 Å². The van der Waals surface area contributed by atoms with Crippen LogP contribution in [0, 0.1) is 0 Å². The van der Waals surface area contributed by atoms with E-state index in [9.17, 15) is 8.42 Å². The molecule has 0 spiro atoms. The predicted molar refractivity (Wildman–Crippen MR) is 72.5 cm³/mol. The van der Waals surface area contributed by atoms with Gasteiger partial charge >= 0.3 is 0 Å². The molecule has 2 rings (SSSR count). The van der Waals surface area contributed by atoms with Gasteiger partial charge in [0.05, 0.1) is 4.34 Å². The van der Waals surface area contributed by atoms with Crippen molar-refractivity contribution in [3.05, 3.63) is 38.9 Å². The molecule has 0 bridgehead atoms. The maximum atomic E-state index is 11.8. The lowest BCUT2D eigenvalue weighted by Gasteiger charge is -2.03. The molecule has 17 heavy (non-hydrogen) atoms. The highest BCUT2D eigenvalue weighted by atomic mass is 35.5. The van der Waals surface area contributed by atoms with Crippen molar-refractivity contribution >= 4 is 44.3 Å². The van der Waals surface area contributed by atoms with Gasteiger partial charge in [-0.2, -0.15) is 0 Å². The highest BCUT2D eigenvalue weighted by molar-refractivity contribution is 7.91. The summed E-state index contributed by atoms with van der Waals surface area (Å²) in [6.45, 7) is 0.386. The van der Waals surface area contributed by atoms with Crippen molar-refractivity contribution in [2.45, 2.75) is 10.6 Å². The number of nitrogens with one attached hydrogen (secondary N) is 1. The Hall–Kier alpha value is -0.400. The van der Waals surface area contributed by atoms with Crippen molar-refractivity contribution in [1.82, 2.24) is 4.72 Å². The predicted octanol–water partition coefficient (Wildman–Crippen LogP) is 2.98. The lowest BCUT2D eigenvalue weighted by atomic mass is 10.3. The number of hydrogen-bond acceptors (Lipinski definition) is 4. The van der Waals surface area contributed by atoms with Gasteiger partial charge in [0.15, 0.2) is 0 Å². The van der Waals surface area contributed by atoms with E-state index in [4.69, 9.17) is 11.6 Å². The lowest BCUT2D eigenvalue weighted by molar-refractivity contribution is 0.584. The van der Waals surface area contributed by atoms with Crippen molar-refractivity contribution in [3.63, 3.8) is 0 Å². The lowest BCUT2D eigenvalue weighted by Crippen LogP contribution is -2.25. The zero-order valence-electron chi connectivity index (χ0n) is 8.72. The number of hydrogen-bond donors (Lipinski definition) is 1. The molecule has 0 amide bonds. The number of thiophene rings is 2. The van der Waals surface area contributed by atoms with Gasteiger partial charge in [-0.25, -0.2) is 13.1 Å². The molecule has 0 aliphatic carbocycles. The largest absolute Gasteiger partial charge is 0.250 e. The van der Waals surface area contributed by atoms with Crippen molar-refractivity contribution in [1.29, 1.82) is 0 Å². The zero-order valence-corrected chi connectivity index (χ0v) is 11.9. The molecule has 7 heteroatoms. The summed E-state index contributed by atoms with van der Waals surface area (Å²) in [5.74, 6) is 0. The molecule has 2 aromatic rings. The van der Waals surface area contributed by atoms with E-state index in [-0.39, 0.29) is 0 Å². The van der Waals surface area contributed by atoms with Crippen molar-refractivity contribution < 1.29 is 8.42 Å². The molecule has 0 saturated heterocycles. The molecule has 3 nitrogen and oxygen atoms in total. The SMILES string of the molecule is O=S(=O)(NCCc1ccc(Cl)s1)c1cccs1. The second-order valence-electron chi connectivity index (χ2n) is 3.29. The molecule has 0 aliphatic rings. The summed E-state index contributed by atoms with van der Waals surface area (Å²) in [5, 5.41) is 1.74. The Morgan fingerprint density at radius 2 is 2.12 bits per heavy atom.